The quantitative estimate of drug-likeness (QED) is 0.844. The van der Waals surface area contributed by atoms with Gasteiger partial charge in [0.2, 0.25) is 0 Å². The first-order valence-corrected chi connectivity index (χ1v) is 5.12. The lowest BCUT2D eigenvalue weighted by molar-refractivity contribution is 0.0696. The molecule has 2 rings (SSSR count). The summed E-state index contributed by atoms with van der Waals surface area (Å²) in [6, 6.07) is 6.51. The Balaban J connectivity index is 2.15. The van der Waals surface area contributed by atoms with Crippen LogP contribution in [-0.2, 0) is 0 Å². The molecular weight excluding hydrogens is 204 g/mol. The highest BCUT2D eigenvalue weighted by atomic mass is 16.5. The highest BCUT2D eigenvalue weighted by Gasteiger charge is 2.06. The van der Waals surface area contributed by atoms with E-state index in [2.05, 4.69) is 6.08 Å². The van der Waals surface area contributed by atoms with Crippen LogP contribution >= 0.6 is 0 Å². The van der Waals surface area contributed by atoms with E-state index in [1.807, 2.05) is 12.2 Å². The maximum absolute atomic E-state index is 10.8. The molecule has 3 heteroatoms. The fourth-order valence-corrected chi connectivity index (χ4v) is 1.51. The third-order valence-electron chi connectivity index (χ3n) is 2.31. The average molecular weight is 216 g/mol. The van der Waals surface area contributed by atoms with Crippen molar-refractivity contribution in [1.29, 1.82) is 0 Å². The zero-order valence-electron chi connectivity index (χ0n) is 8.72. The van der Waals surface area contributed by atoms with Crippen LogP contribution in [0.3, 0.4) is 0 Å². The first-order valence-electron chi connectivity index (χ1n) is 5.12. The number of carbonyl (C=O) groups is 1. The number of allylic oxidation sites excluding steroid dienone is 4. The third-order valence-corrected chi connectivity index (χ3v) is 2.31. The summed E-state index contributed by atoms with van der Waals surface area (Å²) in [5, 5.41) is 8.83. The molecule has 0 radical (unpaired) electrons. The molecule has 0 saturated carbocycles. The molecule has 0 aromatic heterocycles. The Bertz CT molecular complexity index is 458. The molecule has 1 N–H and O–H groups in total. The van der Waals surface area contributed by atoms with Gasteiger partial charge in [-0.3, -0.25) is 0 Å². The van der Waals surface area contributed by atoms with Gasteiger partial charge in [0, 0.05) is 6.42 Å². The molecule has 1 aromatic rings. The van der Waals surface area contributed by atoms with Gasteiger partial charge in [-0.1, -0.05) is 18.2 Å². The summed E-state index contributed by atoms with van der Waals surface area (Å²) in [5.74, 6) is 0.495. The Morgan fingerprint density at radius 2 is 2.25 bits per heavy atom. The Labute approximate surface area is 93.7 Å². The molecular formula is C13H12O3. The van der Waals surface area contributed by atoms with E-state index in [1.54, 1.807) is 18.2 Å². The summed E-state index contributed by atoms with van der Waals surface area (Å²) in [6.45, 7) is 0. The van der Waals surface area contributed by atoms with E-state index in [1.165, 1.54) is 6.07 Å². The van der Waals surface area contributed by atoms with Gasteiger partial charge in [0.25, 0.3) is 0 Å². The topological polar surface area (TPSA) is 46.5 Å². The molecule has 1 aromatic carbocycles. The van der Waals surface area contributed by atoms with Gasteiger partial charge in [0.15, 0.2) is 0 Å². The van der Waals surface area contributed by atoms with E-state index < -0.39 is 5.97 Å². The smallest absolute Gasteiger partial charge is 0.335 e. The summed E-state index contributed by atoms with van der Waals surface area (Å²) >= 11 is 0. The van der Waals surface area contributed by atoms with Crippen LogP contribution in [-0.4, -0.2) is 11.1 Å². The second kappa shape index (κ2) is 4.66. The zero-order chi connectivity index (χ0) is 11.4. The van der Waals surface area contributed by atoms with Crippen molar-refractivity contribution in [3.63, 3.8) is 0 Å². The van der Waals surface area contributed by atoms with Crippen molar-refractivity contribution < 1.29 is 14.6 Å². The maximum Gasteiger partial charge on any atom is 0.335 e. The van der Waals surface area contributed by atoms with Crippen LogP contribution < -0.4 is 4.74 Å². The number of ether oxygens (including phenoxy) is 1. The van der Waals surface area contributed by atoms with E-state index in [9.17, 15) is 4.79 Å². The maximum atomic E-state index is 10.8. The van der Waals surface area contributed by atoms with Crippen molar-refractivity contribution >= 4 is 5.97 Å². The normalized spacial score (nSPS) is 14.4. The third kappa shape index (κ3) is 2.51. The molecule has 1 aliphatic rings. The largest absolute Gasteiger partial charge is 0.478 e. The minimum Gasteiger partial charge on any atom is -0.478 e. The fourth-order valence-electron chi connectivity index (χ4n) is 1.51. The number of hydrogen-bond donors (Lipinski definition) is 1. The Hall–Kier alpha value is -2.03. The predicted octanol–water partition coefficient (Wildman–Crippen LogP) is 3.00. The van der Waals surface area contributed by atoms with E-state index in [0.29, 0.717) is 5.75 Å². The predicted molar refractivity (Wildman–Crippen MR) is 60.5 cm³/mol. The molecule has 3 nitrogen and oxygen atoms in total. The van der Waals surface area contributed by atoms with E-state index in [0.717, 1.165) is 18.6 Å². The Kier molecular flexibility index (Phi) is 3.05. The van der Waals surface area contributed by atoms with Crippen molar-refractivity contribution in [3.8, 4) is 5.75 Å². The number of rotatable bonds is 3. The standard InChI is InChI=1S/C13H12O3/c14-13(15)10-5-4-8-12(9-10)16-11-6-2-1-3-7-11/h1-2,4-6,8-9H,3,7H2,(H,14,15). The molecule has 1 aliphatic carbocycles. The summed E-state index contributed by atoms with van der Waals surface area (Å²) in [6.07, 6.45) is 7.73. The van der Waals surface area contributed by atoms with Crippen molar-refractivity contribution in [3.05, 3.63) is 53.8 Å². The van der Waals surface area contributed by atoms with Crippen LogP contribution in [0.2, 0.25) is 0 Å². The van der Waals surface area contributed by atoms with Crippen LogP contribution in [0.4, 0.5) is 0 Å². The van der Waals surface area contributed by atoms with Gasteiger partial charge < -0.3 is 9.84 Å². The van der Waals surface area contributed by atoms with Crippen molar-refractivity contribution in [2.45, 2.75) is 12.8 Å². The molecule has 0 atom stereocenters. The van der Waals surface area contributed by atoms with Crippen LogP contribution in [0, 0.1) is 0 Å². The lowest BCUT2D eigenvalue weighted by Gasteiger charge is -2.11. The molecule has 0 fully saturated rings. The fraction of sp³-hybridized carbons (Fsp3) is 0.154. The molecule has 0 heterocycles. The monoisotopic (exact) mass is 216 g/mol. The van der Waals surface area contributed by atoms with E-state index in [4.69, 9.17) is 9.84 Å². The SMILES string of the molecule is O=C(O)c1cccc(OC2=CC=CCC2)c1. The number of aromatic carboxylic acids is 1. The summed E-state index contributed by atoms with van der Waals surface area (Å²) in [7, 11) is 0. The van der Waals surface area contributed by atoms with Crippen molar-refractivity contribution in [2.75, 3.05) is 0 Å². The zero-order valence-corrected chi connectivity index (χ0v) is 8.72. The van der Waals surface area contributed by atoms with Gasteiger partial charge in [0.05, 0.1) is 5.56 Å². The van der Waals surface area contributed by atoms with Gasteiger partial charge in [-0.05, 0) is 30.7 Å². The molecule has 82 valence electrons. The first-order chi connectivity index (χ1) is 7.75. The van der Waals surface area contributed by atoms with Crippen LogP contribution in [0.25, 0.3) is 0 Å². The van der Waals surface area contributed by atoms with Crippen LogP contribution in [0.15, 0.2) is 48.3 Å². The van der Waals surface area contributed by atoms with Gasteiger partial charge in [-0.15, -0.1) is 0 Å². The van der Waals surface area contributed by atoms with Crippen LogP contribution in [0.5, 0.6) is 5.75 Å². The molecule has 16 heavy (non-hydrogen) atoms. The number of carboxylic acids is 1. The molecule has 0 unspecified atom stereocenters. The molecule has 0 amide bonds. The van der Waals surface area contributed by atoms with Crippen LogP contribution in [0.1, 0.15) is 23.2 Å². The van der Waals surface area contributed by atoms with Gasteiger partial charge in [-0.2, -0.15) is 0 Å². The minimum atomic E-state index is -0.942. The summed E-state index contributed by atoms with van der Waals surface area (Å²) < 4.78 is 5.59. The number of hydrogen-bond acceptors (Lipinski definition) is 2. The summed E-state index contributed by atoms with van der Waals surface area (Å²) in [4.78, 5) is 10.8. The van der Waals surface area contributed by atoms with Crippen molar-refractivity contribution in [2.24, 2.45) is 0 Å². The minimum absolute atomic E-state index is 0.240. The number of benzene rings is 1. The second-order valence-corrected chi connectivity index (χ2v) is 3.53. The van der Waals surface area contributed by atoms with Crippen molar-refractivity contribution in [1.82, 2.24) is 0 Å². The lowest BCUT2D eigenvalue weighted by Crippen LogP contribution is -2.00. The van der Waals surface area contributed by atoms with E-state index in [-0.39, 0.29) is 5.56 Å². The summed E-state index contributed by atoms with van der Waals surface area (Å²) in [5.41, 5.74) is 0.240. The van der Waals surface area contributed by atoms with Gasteiger partial charge in [-0.25, -0.2) is 4.79 Å². The molecule has 0 aliphatic heterocycles. The molecule has 0 bridgehead atoms. The molecule has 0 saturated heterocycles. The Morgan fingerprint density at radius 3 is 2.94 bits per heavy atom. The van der Waals surface area contributed by atoms with E-state index >= 15 is 0 Å². The first kappa shape index (κ1) is 10.5. The average Bonchev–Trinajstić information content (AvgIpc) is 2.30. The second-order valence-electron chi connectivity index (χ2n) is 3.53. The van der Waals surface area contributed by atoms with Gasteiger partial charge >= 0.3 is 5.97 Å². The highest BCUT2D eigenvalue weighted by Crippen LogP contribution is 2.20. The van der Waals surface area contributed by atoms with Gasteiger partial charge in [0.1, 0.15) is 11.5 Å². The lowest BCUT2D eigenvalue weighted by atomic mass is 10.1. The molecule has 0 spiro atoms. The highest BCUT2D eigenvalue weighted by molar-refractivity contribution is 5.88. The number of carboxylic acid groups (broad SMARTS) is 1. The Morgan fingerprint density at radius 1 is 1.38 bits per heavy atom.